The molecule has 2 rings (SSSR count). The van der Waals surface area contributed by atoms with Crippen molar-refractivity contribution in [3.05, 3.63) is 29.8 Å². The second kappa shape index (κ2) is 6.12. The zero-order valence-corrected chi connectivity index (χ0v) is 10.7. The van der Waals surface area contributed by atoms with Crippen molar-refractivity contribution in [3.63, 3.8) is 0 Å². The number of hydrogen-bond donors (Lipinski definition) is 1. The fourth-order valence-corrected chi connectivity index (χ4v) is 2.30. The van der Waals surface area contributed by atoms with Gasteiger partial charge < -0.3 is 10.1 Å². The molecule has 0 saturated carbocycles. The van der Waals surface area contributed by atoms with Crippen LogP contribution in [0.25, 0.3) is 0 Å². The van der Waals surface area contributed by atoms with E-state index in [9.17, 15) is 0 Å². The maximum Gasteiger partial charge on any atom is 0.119 e. The van der Waals surface area contributed by atoms with E-state index in [1.165, 1.54) is 18.5 Å². The highest BCUT2D eigenvalue weighted by molar-refractivity contribution is 5.85. The fraction of sp³-hybridized carbons (Fsp3) is 0.538. The van der Waals surface area contributed by atoms with Crippen LogP contribution >= 0.6 is 12.4 Å². The lowest BCUT2D eigenvalue weighted by Crippen LogP contribution is -2.14. The Kier molecular flexibility index (Phi) is 5.10. The van der Waals surface area contributed by atoms with Crippen LogP contribution in [0.2, 0.25) is 0 Å². The van der Waals surface area contributed by atoms with Crippen LogP contribution in [0.1, 0.15) is 24.8 Å². The maximum atomic E-state index is 5.25. The van der Waals surface area contributed by atoms with Crippen LogP contribution in [-0.2, 0) is 0 Å². The number of hydrogen-bond acceptors (Lipinski definition) is 2. The number of benzene rings is 1. The van der Waals surface area contributed by atoms with Crippen molar-refractivity contribution in [3.8, 4) is 5.75 Å². The number of halogens is 1. The maximum absolute atomic E-state index is 5.25. The summed E-state index contributed by atoms with van der Waals surface area (Å²) in [6, 6.07) is 8.44. The molecule has 2 nitrogen and oxygen atoms in total. The lowest BCUT2D eigenvalue weighted by atomic mass is 9.87. The van der Waals surface area contributed by atoms with Crippen LogP contribution < -0.4 is 10.1 Å². The van der Waals surface area contributed by atoms with Gasteiger partial charge in [0.1, 0.15) is 5.75 Å². The molecule has 1 aromatic rings. The molecule has 0 amide bonds. The summed E-state index contributed by atoms with van der Waals surface area (Å²) in [6.45, 7) is 4.63. The number of ether oxygens (including phenoxy) is 1. The van der Waals surface area contributed by atoms with Crippen molar-refractivity contribution in [2.75, 3.05) is 20.2 Å². The monoisotopic (exact) mass is 241 g/mol. The molecule has 0 radical (unpaired) electrons. The van der Waals surface area contributed by atoms with Crippen LogP contribution in [0.3, 0.4) is 0 Å². The molecule has 1 heterocycles. The summed E-state index contributed by atoms with van der Waals surface area (Å²) in [5.41, 5.74) is 1.39. The van der Waals surface area contributed by atoms with E-state index in [0.717, 1.165) is 18.2 Å². The van der Waals surface area contributed by atoms with E-state index in [4.69, 9.17) is 4.74 Å². The van der Waals surface area contributed by atoms with Crippen molar-refractivity contribution >= 4 is 12.4 Å². The van der Waals surface area contributed by atoms with Crippen molar-refractivity contribution < 1.29 is 4.74 Å². The summed E-state index contributed by atoms with van der Waals surface area (Å²) in [4.78, 5) is 0. The first-order valence-corrected chi connectivity index (χ1v) is 5.66. The van der Waals surface area contributed by atoms with Gasteiger partial charge in [-0.1, -0.05) is 19.1 Å². The zero-order valence-electron chi connectivity index (χ0n) is 9.90. The largest absolute Gasteiger partial charge is 0.497 e. The summed E-state index contributed by atoms with van der Waals surface area (Å²) in [5, 5.41) is 3.42. The van der Waals surface area contributed by atoms with Crippen LogP contribution in [0, 0.1) is 5.92 Å². The van der Waals surface area contributed by atoms with Gasteiger partial charge in [0, 0.05) is 0 Å². The molecule has 90 valence electrons. The lowest BCUT2D eigenvalue weighted by molar-refractivity contribution is 0.412. The van der Waals surface area contributed by atoms with E-state index in [0.29, 0.717) is 5.92 Å². The third-order valence-electron chi connectivity index (χ3n) is 3.43. The van der Waals surface area contributed by atoms with Gasteiger partial charge in [0.25, 0.3) is 0 Å². The summed E-state index contributed by atoms with van der Waals surface area (Å²) >= 11 is 0. The van der Waals surface area contributed by atoms with Crippen molar-refractivity contribution in [2.24, 2.45) is 5.92 Å². The molecular formula is C13H20ClNO. The Morgan fingerprint density at radius 1 is 1.44 bits per heavy atom. The minimum Gasteiger partial charge on any atom is -0.497 e. The Morgan fingerprint density at radius 3 is 2.88 bits per heavy atom. The molecule has 0 bridgehead atoms. The van der Waals surface area contributed by atoms with Crippen molar-refractivity contribution in [2.45, 2.75) is 19.3 Å². The highest BCUT2D eigenvalue weighted by Crippen LogP contribution is 2.30. The average Bonchev–Trinajstić information content (AvgIpc) is 2.81. The van der Waals surface area contributed by atoms with Gasteiger partial charge in [0.15, 0.2) is 0 Å². The van der Waals surface area contributed by atoms with E-state index in [1.807, 2.05) is 6.07 Å². The molecule has 1 aromatic carbocycles. The summed E-state index contributed by atoms with van der Waals surface area (Å²) in [5.74, 6) is 2.36. The molecule has 16 heavy (non-hydrogen) atoms. The zero-order chi connectivity index (χ0) is 10.7. The highest BCUT2D eigenvalue weighted by atomic mass is 35.5. The van der Waals surface area contributed by atoms with E-state index in [-0.39, 0.29) is 12.4 Å². The number of methoxy groups -OCH3 is 1. The molecule has 2 atom stereocenters. The molecule has 3 heteroatoms. The minimum absolute atomic E-state index is 0. The Morgan fingerprint density at radius 2 is 2.25 bits per heavy atom. The molecule has 0 aliphatic carbocycles. The Labute approximate surface area is 104 Å². The first-order chi connectivity index (χ1) is 7.31. The van der Waals surface area contributed by atoms with Crippen molar-refractivity contribution in [1.82, 2.24) is 5.32 Å². The first-order valence-electron chi connectivity index (χ1n) is 5.66. The van der Waals surface area contributed by atoms with Gasteiger partial charge in [0.2, 0.25) is 0 Å². The number of rotatable bonds is 3. The molecule has 1 fully saturated rings. The lowest BCUT2D eigenvalue weighted by Gasteiger charge is -2.19. The molecule has 1 aliphatic rings. The molecule has 1 saturated heterocycles. The summed E-state index contributed by atoms with van der Waals surface area (Å²) in [7, 11) is 1.72. The molecule has 0 spiro atoms. The first kappa shape index (κ1) is 13.3. The summed E-state index contributed by atoms with van der Waals surface area (Å²) in [6.07, 6.45) is 1.29. The van der Waals surface area contributed by atoms with E-state index in [2.05, 4.69) is 30.4 Å². The Balaban J connectivity index is 0.00000128. The van der Waals surface area contributed by atoms with Crippen LogP contribution in [-0.4, -0.2) is 20.2 Å². The van der Waals surface area contributed by atoms with Crippen molar-refractivity contribution in [1.29, 1.82) is 0 Å². The Bertz CT molecular complexity index is 323. The quantitative estimate of drug-likeness (QED) is 0.879. The van der Waals surface area contributed by atoms with Crippen LogP contribution in [0.5, 0.6) is 5.75 Å². The van der Waals surface area contributed by atoms with Gasteiger partial charge in [-0.25, -0.2) is 0 Å². The predicted octanol–water partition coefficient (Wildman–Crippen LogP) is 2.83. The fourth-order valence-electron chi connectivity index (χ4n) is 2.30. The van der Waals surface area contributed by atoms with Gasteiger partial charge in [0.05, 0.1) is 7.11 Å². The molecular weight excluding hydrogens is 222 g/mol. The van der Waals surface area contributed by atoms with Gasteiger partial charge in [-0.05, 0) is 49.0 Å². The molecule has 1 aliphatic heterocycles. The third-order valence-corrected chi connectivity index (χ3v) is 3.43. The van der Waals surface area contributed by atoms with Gasteiger partial charge in [-0.2, -0.15) is 0 Å². The summed E-state index contributed by atoms with van der Waals surface area (Å²) < 4.78 is 5.25. The second-order valence-electron chi connectivity index (χ2n) is 4.32. The van der Waals surface area contributed by atoms with Gasteiger partial charge >= 0.3 is 0 Å². The topological polar surface area (TPSA) is 21.3 Å². The number of nitrogens with one attached hydrogen (secondary N) is 1. The Hall–Kier alpha value is -0.730. The normalized spacial score (nSPS) is 21.2. The predicted molar refractivity (Wildman–Crippen MR) is 69.6 cm³/mol. The minimum atomic E-state index is 0. The van der Waals surface area contributed by atoms with E-state index >= 15 is 0 Å². The van der Waals surface area contributed by atoms with E-state index < -0.39 is 0 Å². The van der Waals surface area contributed by atoms with E-state index in [1.54, 1.807) is 7.11 Å². The molecule has 2 unspecified atom stereocenters. The van der Waals surface area contributed by atoms with Crippen LogP contribution in [0.4, 0.5) is 0 Å². The SMILES string of the molecule is COc1cccc(C(C)C2CCNC2)c1.Cl. The van der Waals surface area contributed by atoms with Crippen LogP contribution in [0.15, 0.2) is 24.3 Å². The standard InChI is InChI=1S/C13H19NO.ClH/c1-10(12-6-7-14-9-12)11-4-3-5-13(8-11)15-2;/h3-5,8,10,12,14H,6-7,9H2,1-2H3;1H. The molecule has 1 N–H and O–H groups in total. The highest BCUT2D eigenvalue weighted by Gasteiger charge is 2.22. The average molecular weight is 242 g/mol. The third kappa shape index (κ3) is 2.89. The molecule has 0 aromatic heterocycles. The van der Waals surface area contributed by atoms with Gasteiger partial charge in [-0.3, -0.25) is 0 Å². The smallest absolute Gasteiger partial charge is 0.119 e. The van der Waals surface area contributed by atoms with Gasteiger partial charge in [-0.15, -0.1) is 12.4 Å². The second-order valence-corrected chi connectivity index (χ2v) is 4.32.